The number of thiazole rings is 1. The summed E-state index contributed by atoms with van der Waals surface area (Å²) in [4.78, 5) is 26.7. The molecule has 1 aromatic carbocycles. The number of nitrogens with zero attached hydrogens (tertiary/aromatic N) is 1. The fraction of sp³-hybridized carbons (Fsp3) is 0.154. The van der Waals surface area contributed by atoms with Gasteiger partial charge in [-0.2, -0.15) is 0 Å². The maximum absolute atomic E-state index is 13.0. The van der Waals surface area contributed by atoms with Crippen molar-refractivity contribution in [3.63, 3.8) is 0 Å². The molecule has 0 aliphatic heterocycles. The van der Waals surface area contributed by atoms with Gasteiger partial charge in [-0.3, -0.25) is 9.59 Å². The second-order valence-corrected chi connectivity index (χ2v) is 5.04. The number of amides is 2. The van der Waals surface area contributed by atoms with Crippen LogP contribution >= 0.6 is 11.3 Å². The molecule has 0 atom stereocenters. The molecule has 2 N–H and O–H groups in total. The summed E-state index contributed by atoms with van der Waals surface area (Å²) < 4.78 is 25.8. The summed E-state index contributed by atoms with van der Waals surface area (Å²) in [6.45, 7) is 1.36. The smallest absolute Gasteiger partial charge is 0.230 e. The standard InChI is InChI=1S/C13H11F2N3O2S/c1-7(19)16-13-18-9(6-21-13)5-12(20)17-8-2-3-10(14)11(15)4-8/h2-4,6H,5H2,1H3,(H,17,20)(H,16,18,19). The van der Waals surface area contributed by atoms with Crippen LogP contribution in [0.5, 0.6) is 0 Å². The van der Waals surface area contributed by atoms with Crippen molar-refractivity contribution in [2.75, 3.05) is 10.6 Å². The van der Waals surface area contributed by atoms with Crippen LogP contribution in [0.2, 0.25) is 0 Å². The van der Waals surface area contributed by atoms with Gasteiger partial charge in [0.15, 0.2) is 16.8 Å². The predicted molar refractivity (Wildman–Crippen MR) is 75.1 cm³/mol. The van der Waals surface area contributed by atoms with Gasteiger partial charge in [0, 0.05) is 24.1 Å². The lowest BCUT2D eigenvalue weighted by Gasteiger charge is -2.04. The Morgan fingerprint density at radius 2 is 2.00 bits per heavy atom. The second kappa shape index (κ2) is 6.40. The average Bonchev–Trinajstić information content (AvgIpc) is 2.80. The first-order valence-corrected chi connectivity index (χ1v) is 6.79. The first-order valence-electron chi connectivity index (χ1n) is 5.91. The van der Waals surface area contributed by atoms with E-state index >= 15 is 0 Å². The molecule has 0 bridgehead atoms. The normalized spacial score (nSPS) is 10.2. The highest BCUT2D eigenvalue weighted by Crippen LogP contribution is 2.17. The van der Waals surface area contributed by atoms with E-state index in [1.54, 1.807) is 5.38 Å². The molecule has 0 saturated carbocycles. The summed E-state index contributed by atoms with van der Waals surface area (Å²) in [7, 11) is 0. The van der Waals surface area contributed by atoms with E-state index < -0.39 is 17.5 Å². The Morgan fingerprint density at radius 1 is 1.24 bits per heavy atom. The lowest BCUT2D eigenvalue weighted by molar-refractivity contribution is -0.116. The molecule has 0 saturated heterocycles. The molecule has 2 aromatic rings. The number of carbonyl (C=O) groups excluding carboxylic acids is 2. The van der Waals surface area contributed by atoms with Gasteiger partial charge in [0.25, 0.3) is 0 Å². The summed E-state index contributed by atoms with van der Waals surface area (Å²) in [6.07, 6.45) is -0.0327. The fourth-order valence-corrected chi connectivity index (χ4v) is 2.30. The van der Waals surface area contributed by atoms with E-state index in [9.17, 15) is 18.4 Å². The molecular weight excluding hydrogens is 300 g/mol. The largest absolute Gasteiger partial charge is 0.326 e. The number of rotatable bonds is 4. The molecule has 0 spiro atoms. The van der Waals surface area contributed by atoms with Crippen molar-refractivity contribution < 1.29 is 18.4 Å². The van der Waals surface area contributed by atoms with E-state index in [1.807, 2.05) is 0 Å². The third-order valence-electron chi connectivity index (χ3n) is 2.38. The van der Waals surface area contributed by atoms with E-state index in [2.05, 4.69) is 15.6 Å². The van der Waals surface area contributed by atoms with Crippen LogP contribution in [0, 0.1) is 11.6 Å². The highest BCUT2D eigenvalue weighted by Gasteiger charge is 2.10. The molecule has 8 heteroatoms. The highest BCUT2D eigenvalue weighted by atomic mass is 32.1. The van der Waals surface area contributed by atoms with Gasteiger partial charge < -0.3 is 10.6 Å². The first-order chi connectivity index (χ1) is 9.94. The molecule has 0 aliphatic carbocycles. The minimum Gasteiger partial charge on any atom is -0.326 e. The monoisotopic (exact) mass is 311 g/mol. The molecule has 110 valence electrons. The van der Waals surface area contributed by atoms with Gasteiger partial charge in [-0.05, 0) is 12.1 Å². The quantitative estimate of drug-likeness (QED) is 0.911. The summed E-state index contributed by atoms with van der Waals surface area (Å²) in [5, 5.41) is 6.98. The van der Waals surface area contributed by atoms with Crippen molar-refractivity contribution in [3.8, 4) is 0 Å². The average molecular weight is 311 g/mol. The first kappa shape index (κ1) is 15.0. The Hall–Kier alpha value is -2.35. The van der Waals surface area contributed by atoms with Crippen molar-refractivity contribution in [1.82, 2.24) is 4.98 Å². The molecule has 1 aromatic heterocycles. The predicted octanol–water partition coefficient (Wildman–Crippen LogP) is 2.56. The SMILES string of the molecule is CC(=O)Nc1nc(CC(=O)Nc2ccc(F)c(F)c2)cs1. The Kier molecular flexibility index (Phi) is 4.59. The highest BCUT2D eigenvalue weighted by molar-refractivity contribution is 7.13. The lowest BCUT2D eigenvalue weighted by Crippen LogP contribution is -2.15. The number of anilines is 2. The topological polar surface area (TPSA) is 71.1 Å². The van der Waals surface area contributed by atoms with Gasteiger partial charge in [-0.1, -0.05) is 0 Å². The minimum absolute atomic E-state index is 0.0327. The van der Waals surface area contributed by atoms with E-state index in [0.717, 1.165) is 12.1 Å². The third-order valence-corrected chi connectivity index (χ3v) is 3.19. The molecule has 0 aliphatic rings. The van der Waals surface area contributed by atoms with Gasteiger partial charge in [-0.15, -0.1) is 11.3 Å². The number of carbonyl (C=O) groups is 2. The van der Waals surface area contributed by atoms with Crippen LogP contribution in [0.25, 0.3) is 0 Å². The van der Waals surface area contributed by atoms with Gasteiger partial charge >= 0.3 is 0 Å². The zero-order valence-electron chi connectivity index (χ0n) is 10.9. The molecule has 2 rings (SSSR count). The van der Waals surface area contributed by atoms with Crippen molar-refractivity contribution in [2.24, 2.45) is 0 Å². The van der Waals surface area contributed by atoms with Crippen LogP contribution < -0.4 is 10.6 Å². The summed E-state index contributed by atoms with van der Waals surface area (Å²) in [5.41, 5.74) is 0.639. The summed E-state index contributed by atoms with van der Waals surface area (Å²) >= 11 is 1.20. The molecule has 21 heavy (non-hydrogen) atoms. The van der Waals surface area contributed by atoms with Crippen LogP contribution in [0.3, 0.4) is 0 Å². The minimum atomic E-state index is -1.03. The molecule has 2 amide bonds. The van der Waals surface area contributed by atoms with Gasteiger partial charge in [0.1, 0.15) is 0 Å². The van der Waals surface area contributed by atoms with Crippen molar-refractivity contribution in [3.05, 3.63) is 40.9 Å². The maximum atomic E-state index is 13.0. The Morgan fingerprint density at radius 3 is 2.67 bits per heavy atom. The Balaban J connectivity index is 1.96. The summed E-state index contributed by atoms with van der Waals surface area (Å²) in [5.74, 6) is -2.68. The van der Waals surface area contributed by atoms with Crippen LogP contribution in [0.1, 0.15) is 12.6 Å². The van der Waals surface area contributed by atoms with E-state index in [-0.39, 0.29) is 18.0 Å². The van der Waals surface area contributed by atoms with Gasteiger partial charge in [-0.25, -0.2) is 13.8 Å². The summed E-state index contributed by atoms with van der Waals surface area (Å²) in [6, 6.07) is 3.10. The molecule has 1 heterocycles. The van der Waals surface area contributed by atoms with E-state index in [4.69, 9.17) is 0 Å². The number of hydrogen-bond donors (Lipinski definition) is 2. The van der Waals surface area contributed by atoms with Crippen molar-refractivity contribution in [1.29, 1.82) is 0 Å². The van der Waals surface area contributed by atoms with E-state index in [1.165, 1.54) is 24.3 Å². The number of benzene rings is 1. The van der Waals surface area contributed by atoms with Crippen molar-refractivity contribution >= 4 is 34.0 Å². The number of aromatic nitrogens is 1. The van der Waals surface area contributed by atoms with Gasteiger partial charge in [0.05, 0.1) is 12.1 Å². The second-order valence-electron chi connectivity index (χ2n) is 4.18. The Bertz CT molecular complexity index is 688. The number of hydrogen-bond acceptors (Lipinski definition) is 4. The number of halogens is 2. The van der Waals surface area contributed by atoms with Gasteiger partial charge in [0.2, 0.25) is 11.8 Å². The van der Waals surface area contributed by atoms with E-state index in [0.29, 0.717) is 10.8 Å². The van der Waals surface area contributed by atoms with Crippen LogP contribution in [0.15, 0.2) is 23.6 Å². The number of nitrogens with one attached hydrogen (secondary N) is 2. The molecule has 5 nitrogen and oxygen atoms in total. The third kappa shape index (κ3) is 4.32. The zero-order valence-corrected chi connectivity index (χ0v) is 11.8. The van der Waals surface area contributed by atoms with Crippen molar-refractivity contribution in [2.45, 2.75) is 13.3 Å². The van der Waals surface area contributed by atoms with Crippen LogP contribution in [-0.4, -0.2) is 16.8 Å². The van der Waals surface area contributed by atoms with Crippen LogP contribution in [0.4, 0.5) is 19.6 Å². The molecule has 0 unspecified atom stereocenters. The fourth-order valence-electron chi connectivity index (χ4n) is 1.54. The molecule has 0 fully saturated rings. The molecule has 0 radical (unpaired) electrons. The molecular formula is C13H11F2N3O2S. The van der Waals surface area contributed by atoms with Crippen LogP contribution in [-0.2, 0) is 16.0 Å². The zero-order chi connectivity index (χ0) is 15.4. The Labute approximate surface area is 123 Å². The maximum Gasteiger partial charge on any atom is 0.230 e. The lowest BCUT2D eigenvalue weighted by atomic mass is 10.2.